The summed E-state index contributed by atoms with van der Waals surface area (Å²) in [5, 5.41) is 4.22. The van der Waals surface area contributed by atoms with Crippen molar-refractivity contribution in [3.63, 3.8) is 0 Å². The number of hydrogen-bond acceptors (Lipinski definition) is 4. The molecule has 0 bridgehead atoms. The van der Waals surface area contributed by atoms with Gasteiger partial charge in [0.1, 0.15) is 12.0 Å². The molecule has 3 heterocycles. The number of imidazole rings is 1. The third-order valence-electron chi connectivity index (χ3n) is 2.87. The second kappa shape index (κ2) is 4.23. The Kier molecular flexibility index (Phi) is 2.56. The van der Waals surface area contributed by atoms with E-state index in [2.05, 4.69) is 15.1 Å². The monoisotopic (exact) mass is 242 g/mol. The van der Waals surface area contributed by atoms with Crippen molar-refractivity contribution in [3.05, 3.63) is 48.4 Å². The van der Waals surface area contributed by atoms with Crippen molar-refractivity contribution in [2.75, 3.05) is 0 Å². The molecule has 18 heavy (non-hydrogen) atoms. The second-order valence-corrected chi connectivity index (χ2v) is 4.27. The molecule has 1 atom stereocenters. The smallest absolute Gasteiger partial charge is 0.167 e. The lowest BCUT2D eigenvalue weighted by Gasteiger charge is -2.07. The van der Waals surface area contributed by atoms with Gasteiger partial charge in [-0.15, -0.1) is 0 Å². The van der Waals surface area contributed by atoms with Crippen LogP contribution in [0.15, 0.2) is 36.9 Å². The molecule has 0 saturated carbocycles. The molecule has 0 radical (unpaired) electrons. The molecule has 0 aliphatic carbocycles. The van der Waals surface area contributed by atoms with E-state index in [9.17, 15) is 0 Å². The fourth-order valence-corrected chi connectivity index (χ4v) is 1.98. The highest BCUT2D eigenvalue weighted by molar-refractivity contribution is 5.40. The molecular formula is C12H14N6. The topological polar surface area (TPSA) is 74.0 Å². The molecule has 2 N–H and O–H groups in total. The van der Waals surface area contributed by atoms with Gasteiger partial charge in [-0.1, -0.05) is 6.07 Å². The fraction of sp³-hybridized carbons (Fsp3) is 0.250. The normalized spacial score (nSPS) is 13.0. The number of nitrogens with two attached hydrogens (primary N) is 1. The maximum Gasteiger partial charge on any atom is 0.167 e. The van der Waals surface area contributed by atoms with Gasteiger partial charge in [-0.2, -0.15) is 5.10 Å². The van der Waals surface area contributed by atoms with E-state index in [1.165, 1.54) is 0 Å². The largest absolute Gasteiger partial charge is 0.321 e. The Balaban J connectivity index is 1.88. The lowest BCUT2D eigenvalue weighted by molar-refractivity contribution is 0.636. The van der Waals surface area contributed by atoms with Gasteiger partial charge < -0.3 is 10.1 Å². The third kappa shape index (κ3) is 1.86. The molecule has 3 rings (SSSR count). The molecule has 1 unspecified atom stereocenters. The highest BCUT2D eigenvalue weighted by atomic mass is 15.3. The Morgan fingerprint density at radius 1 is 1.33 bits per heavy atom. The number of pyridine rings is 1. The first-order chi connectivity index (χ1) is 8.74. The number of nitrogens with zero attached hydrogens (tertiary/aromatic N) is 5. The average Bonchev–Trinajstić information content (AvgIpc) is 2.97. The Labute approximate surface area is 104 Å². The van der Waals surface area contributed by atoms with Gasteiger partial charge in [-0.3, -0.25) is 4.68 Å². The minimum atomic E-state index is -0.216. The lowest BCUT2D eigenvalue weighted by Crippen LogP contribution is -2.16. The first kappa shape index (κ1) is 10.9. The van der Waals surface area contributed by atoms with Crippen LogP contribution in [0.2, 0.25) is 0 Å². The van der Waals surface area contributed by atoms with Crippen LogP contribution in [-0.4, -0.2) is 24.1 Å². The second-order valence-electron chi connectivity index (χ2n) is 4.27. The minimum absolute atomic E-state index is 0.216. The Bertz CT molecular complexity index is 668. The Morgan fingerprint density at radius 3 is 3.00 bits per heavy atom. The van der Waals surface area contributed by atoms with Crippen LogP contribution in [0.3, 0.4) is 0 Å². The van der Waals surface area contributed by atoms with Gasteiger partial charge in [0.05, 0.1) is 6.04 Å². The van der Waals surface area contributed by atoms with E-state index in [1.807, 2.05) is 42.0 Å². The Morgan fingerprint density at radius 2 is 2.22 bits per heavy atom. The molecule has 0 spiro atoms. The molecular weight excluding hydrogens is 228 g/mol. The van der Waals surface area contributed by atoms with Crippen molar-refractivity contribution < 1.29 is 0 Å². The lowest BCUT2D eigenvalue weighted by atomic mass is 10.1. The summed E-state index contributed by atoms with van der Waals surface area (Å²) in [5.74, 6) is 0.656. The van der Waals surface area contributed by atoms with Gasteiger partial charge in [-0.25, -0.2) is 9.97 Å². The summed E-state index contributed by atoms with van der Waals surface area (Å²) in [4.78, 5) is 8.51. The minimum Gasteiger partial charge on any atom is -0.321 e. The van der Waals surface area contributed by atoms with E-state index in [0.717, 1.165) is 11.3 Å². The number of aryl methyl sites for hydroxylation is 1. The van der Waals surface area contributed by atoms with Crippen LogP contribution in [0, 0.1) is 0 Å². The first-order valence-corrected chi connectivity index (χ1v) is 5.76. The van der Waals surface area contributed by atoms with Crippen molar-refractivity contribution in [1.82, 2.24) is 24.1 Å². The molecule has 3 aromatic rings. The highest BCUT2D eigenvalue weighted by Crippen LogP contribution is 2.13. The van der Waals surface area contributed by atoms with Gasteiger partial charge in [-0.05, 0) is 12.1 Å². The summed E-state index contributed by atoms with van der Waals surface area (Å²) in [6.07, 6.45) is 6.15. The van der Waals surface area contributed by atoms with Crippen LogP contribution in [0.4, 0.5) is 0 Å². The summed E-state index contributed by atoms with van der Waals surface area (Å²) in [6.45, 7) is 0. The third-order valence-corrected chi connectivity index (χ3v) is 2.87. The van der Waals surface area contributed by atoms with Crippen LogP contribution < -0.4 is 5.73 Å². The number of rotatable bonds is 3. The zero-order valence-corrected chi connectivity index (χ0v) is 10.1. The molecule has 3 aromatic heterocycles. The summed E-state index contributed by atoms with van der Waals surface area (Å²) in [7, 11) is 1.83. The maximum atomic E-state index is 6.11. The average molecular weight is 242 g/mol. The molecule has 92 valence electrons. The molecule has 0 aliphatic heterocycles. The molecule has 6 nitrogen and oxygen atoms in total. The molecule has 0 amide bonds. The number of aromatic nitrogens is 5. The van der Waals surface area contributed by atoms with Crippen LogP contribution in [-0.2, 0) is 13.5 Å². The summed E-state index contributed by atoms with van der Waals surface area (Å²) in [6, 6.07) is 5.69. The molecule has 0 saturated heterocycles. The van der Waals surface area contributed by atoms with Crippen LogP contribution >= 0.6 is 0 Å². The summed E-state index contributed by atoms with van der Waals surface area (Å²) in [5.41, 5.74) is 8.10. The van der Waals surface area contributed by atoms with Gasteiger partial charge >= 0.3 is 0 Å². The van der Waals surface area contributed by atoms with E-state index < -0.39 is 0 Å². The van der Waals surface area contributed by atoms with Crippen molar-refractivity contribution in [3.8, 4) is 0 Å². The molecule has 0 fully saturated rings. The number of hydrogen-bond donors (Lipinski definition) is 1. The van der Waals surface area contributed by atoms with E-state index in [4.69, 9.17) is 5.73 Å². The predicted octanol–water partition coefficient (Wildman–Crippen LogP) is 0.705. The van der Waals surface area contributed by atoms with E-state index >= 15 is 0 Å². The van der Waals surface area contributed by atoms with E-state index in [0.29, 0.717) is 12.2 Å². The van der Waals surface area contributed by atoms with Crippen molar-refractivity contribution in [2.24, 2.45) is 12.8 Å². The van der Waals surface area contributed by atoms with Gasteiger partial charge in [0, 0.05) is 31.6 Å². The zero-order valence-electron chi connectivity index (χ0n) is 10.1. The summed E-state index contributed by atoms with van der Waals surface area (Å²) >= 11 is 0. The van der Waals surface area contributed by atoms with E-state index in [1.54, 1.807) is 11.0 Å². The molecule has 0 aliphatic rings. The maximum absolute atomic E-state index is 6.11. The van der Waals surface area contributed by atoms with Crippen LogP contribution in [0.1, 0.15) is 17.6 Å². The predicted molar refractivity (Wildman–Crippen MR) is 66.8 cm³/mol. The standard InChI is InChI=1S/C12H14N6/c1-17-8-15-12(16-17)10(13)6-9-7-14-11-4-2-3-5-18(9)11/h2-5,7-8,10H,6,13H2,1H3. The molecule has 0 aromatic carbocycles. The quantitative estimate of drug-likeness (QED) is 0.734. The van der Waals surface area contributed by atoms with Crippen molar-refractivity contribution in [1.29, 1.82) is 0 Å². The van der Waals surface area contributed by atoms with Gasteiger partial charge in [0.15, 0.2) is 5.82 Å². The highest BCUT2D eigenvalue weighted by Gasteiger charge is 2.14. The zero-order chi connectivity index (χ0) is 12.5. The fourth-order valence-electron chi connectivity index (χ4n) is 1.98. The van der Waals surface area contributed by atoms with E-state index in [-0.39, 0.29) is 6.04 Å². The SMILES string of the molecule is Cn1cnc(C(N)Cc2cnc3ccccn23)n1. The Hall–Kier alpha value is -2.21. The van der Waals surface area contributed by atoms with Crippen LogP contribution in [0.5, 0.6) is 0 Å². The van der Waals surface area contributed by atoms with Gasteiger partial charge in [0.25, 0.3) is 0 Å². The molecule has 6 heteroatoms. The van der Waals surface area contributed by atoms with Crippen molar-refractivity contribution in [2.45, 2.75) is 12.5 Å². The van der Waals surface area contributed by atoms with Crippen molar-refractivity contribution >= 4 is 5.65 Å². The van der Waals surface area contributed by atoms with Gasteiger partial charge in [0.2, 0.25) is 0 Å². The number of fused-ring (bicyclic) bond motifs is 1. The van der Waals surface area contributed by atoms with Crippen LogP contribution in [0.25, 0.3) is 5.65 Å². The summed E-state index contributed by atoms with van der Waals surface area (Å²) < 4.78 is 3.69. The first-order valence-electron chi connectivity index (χ1n) is 5.76.